The first kappa shape index (κ1) is 25.6. The minimum atomic E-state index is 0.240. The van der Waals surface area contributed by atoms with Crippen LogP contribution in [0, 0.1) is 12.8 Å². The fourth-order valence-corrected chi connectivity index (χ4v) is 5.43. The van der Waals surface area contributed by atoms with Crippen molar-refractivity contribution in [2.24, 2.45) is 5.92 Å². The number of carbonyl (C=O) groups excluding carboxylic acids is 1. The molecule has 190 valence electrons. The molecule has 0 aliphatic carbocycles. The molecule has 4 rings (SSSR count). The van der Waals surface area contributed by atoms with Gasteiger partial charge in [0.05, 0.1) is 13.7 Å². The number of ketones is 1. The van der Waals surface area contributed by atoms with E-state index in [9.17, 15) is 4.79 Å². The van der Waals surface area contributed by atoms with Crippen LogP contribution in [0.5, 0.6) is 11.5 Å². The van der Waals surface area contributed by atoms with Crippen molar-refractivity contribution >= 4 is 11.5 Å². The zero-order chi connectivity index (χ0) is 24.5. The first-order valence-corrected chi connectivity index (χ1v) is 13.5. The molecule has 2 aromatic rings. The minimum absolute atomic E-state index is 0.240. The lowest BCUT2D eigenvalue weighted by Crippen LogP contribution is -2.33. The maximum atomic E-state index is 12.7. The van der Waals surface area contributed by atoms with E-state index in [0.29, 0.717) is 12.3 Å². The molecule has 2 heterocycles. The van der Waals surface area contributed by atoms with Crippen molar-refractivity contribution in [3.05, 3.63) is 53.6 Å². The van der Waals surface area contributed by atoms with Gasteiger partial charge in [0.1, 0.15) is 11.5 Å². The highest BCUT2D eigenvalue weighted by Gasteiger charge is 2.21. The fourth-order valence-electron chi connectivity index (χ4n) is 5.43. The van der Waals surface area contributed by atoms with Crippen molar-refractivity contribution in [2.75, 3.05) is 51.3 Å². The summed E-state index contributed by atoms with van der Waals surface area (Å²) in [6, 6.07) is 14.3. The molecular weight excluding hydrogens is 436 g/mol. The Kier molecular flexibility index (Phi) is 9.47. The molecular formula is C30H42N2O3. The Morgan fingerprint density at radius 3 is 2.40 bits per heavy atom. The van der Waals surface area contributed by atoms with Crippen molar-refractivity contribution in [3.8, 4) is 11.5 Å². The van der Waals surface area contributed by atoms with Crippen LogP contribution in [0.2, 0.25) is 0 Å². The Morgan fingerprint density at radius 2 is 1.71 bits per heavy atom. The number of carbonyl (C=O) groups is 1. The number of hydrogen-bond acceptors (Lipinski definition) is 5. The van der Waals surface area contributed by atoms with Crippen LogP contribution in [0.1, 0.15) is 67.3 Å². The summed E-state index contributed by atoms with van der Waals surface area (Å²) >= 11 is 0. The summed E-state index contributed by atoms with van der Waals surface area (Å²) in [5, 5.41) is 0. The van der Waals surface area contributed by atoms with Crippen molar-refractivity contribution in [3.63, 3.8) is 0 Å². The number of anilines is 1. The molecule has 2 saturated heterocycles. The van der Waals surface area contributed by atoms with Gasteiger partial charge in [-0.25, -0.2) is 0 Å². The lowest BCUT2D eigenvalue weighted by atomic mass is 9.90. The Hall–Kier alpha value is -2.53. The second-order valence-electron chi connectivity index (χ2n) is 10.2. The van der Waals surface area contributed by atoms with Crippen molar-refractivity contribution < 1.29 is 14.3 Å². The lowest BCUT2D eigenvalue weighted by molar-refractivity contribution is 0.0971. The van der Waals surface area contributed by atoms with Crippen LogP contribution < -0.4 is 14.4 Å². The Balaban J connectivity index is 1.14. The van der Waals surface area contributed by atoms with E-state index in [4.69, 9.17) is 9.47 Å². The molecule has 0 atom stereocenters. The van der Waals surface area contributed by atoms with Crippen LogP contribution in [0.3, 0.4) is 0 Å². The van der Waals surface area contributed by atoms with E-state index >= 15 is 0 Å². The van der Waals surface area contributed by atoms with Crippen molar-refractivity contribution in [2.45, 2.75) is 58.3 Å². The predicted octanol–water partition coefficient (Wildman–Crippen LogP) is 6.14. The van der Waals surface area contributed by atoms with Gasteiger partial charge in [0, 0.05) is 37.3 Å². The SMILES string of the molecule is COc1ccc(C(=O)CCC2CCN(c3ccc(OCCCN4CCCCC4)cc3)CC2)cc1C. The van der Waals surface area contributed by atoms with E-state index in [1.54, 1.807) is 7.11 Å². The third kappa shape index (κ3) is 7.47. The Labute approximate surface area is 211 Å². The zero-order valence-electron chi connectivity index (χ0n) is 21.6. The first-order chi connectivity index (χ1) is 17.1. The molecule has 35 heavy (non-hydrogen) atoms. The molecule has 0 saturated carbocycles. The van der Waals surface area contributed by atoms with Gasteiger partial charge in [0.2, 0.25) is 0 Å². The van der Waals surface area contributed by atoms with Crippen LogP contribution in [-0.2, 0) is 0 Å². The summed E-state index contributed by atoms with van der Waals surface area (Å²) in [5.41, 5.74) is 3.09. The van der Waals surface area contributed by atoms with Gasteiger partial charge >= 0.3 is 0 Å². The zero-order valence-corrected chi connectivity index (χ0v) is 21.6. The summed E-state index contributed by atoms with van der Waals surface area (Å²) in [6.07, 6.45) is 9.06. The average Bonchev–Trinajstić information content (AvgIpc) is 2.91. The van der Waals surface area contributed by atoms with Gasteiger partial charge in [0.15, 0.2) is 5.78 Å². The number of piperidine rings is 2. The number of likely N-dealkylation sites (tertiary alicyclic amines) is 1. The molecule has 5 nitrogen and oxygen atoms in total. The van der Waals surface area contributed by atoms with Gasteiger partial charge in [-0.2, -0.15) is 0 Å². The Bertz CT molecular complexity index is 929. The minimum Gasteiger partial charge on any atom is -0.496 e. The number of benzene rings is 2. The van der Waals surface area contributed by atoms with Gasteiger partial charge in [-0.1, -0.05) is 6.42 Å². The third-order valence-corrected chi connectivity index (χ3v) is 7.65. The van der Waals surface area contributed by atoms with Crippen LogP contribution in [0.4, 0.5) is 5.69 Å². The maximum absolute atomic E-state index is 12.7. The number of nitrogens with zero attached hydrogens (tertiary/aromatic N) is 2. The summed E-state index contributed by atoms with van der Waals surface area (Å²) < 4.78 is 11.3. The van der Waals surface area contributed by atoms with Crippen LogP contribution >= 0.6 is 0 Å². The van der Waals surface area contributed by atoms with E-state index in [0.717, 1.165) is 74.6 Å². The molecule has 2 fully saturated rings. The van der Waals surface area contributed by atoms with E-state index < -0.39 is 0 Å². The summed E-state index contributed by atoms with van der Waals surface area (Å²) in [6.45, 7) is 8.54. The monoisotopic (exact) mass is 478 g/mol. The largest absolute Gasteiger partial charge is 0.496 e. The van der Waals surface area contributed by atoms with E-state index in [1.807, 2.05) is 25.1 Å². The molecule has 5 heteroatoms. The number of methoxy groups -OCH3 is 1. The predicted molar refractivity (Wildman–Crippen MR) is 143 cm³/mol. The lowest BCUT2D eigenvalue weighted by Gasteiger charge is -2.33. The number of ether oxygens (including phenoxy) is 2. The highest BCUT2D eigenvalue weighted by atomic mass is 16.5. The van der Waals surface area contributed by atoms with E-state index in [2.05, 4.69) is 34.1 Å². The first-order valence-electron chi connectivity index (χ1n) is 13.5. The molecule has 2 aromatic carbocycles. The van der Waals surface area contributed by atoms with Crippen molar-refractivity contribution in [1.29, 1.82) is 0 Å². The molecule has 0 unspecified atom stereocenters. The average molecular weight is 479 g/mol. The fraction of sp³-hybridized carbons (Fsp3) is 0.567. The summed E-state index contributed by atoms with van der Waals surface area (Å²) in [4.78, 5) is 17.7. The molecule has 0 amide bonds. The standard InChI is InChI=1S/C30H42N2O3/c1-24-23-26(8-14-30(24)34-2)29(33)13-7-25-15-20-32(21-16-25)27-9-11-28(12-10-27)35-22-6-19-31-17-4-3-5-18-31/h8-12,14,23,25H,3-7,13,15-22H2,1-2H3. The van der Waals surface area contributed by atoms with Crippen LogP contribution in [0.25, 0.3) is 0 Å². The number of rotatable bonds is 11. The summed E-state index contributed by atoms with van der Waals surface area (Å²) in [7, 11) is 1.66. The van der Waals surface area contributed by atoms with Crippen molar-refractivity contribution in [1.82, 2.24) is 4.90 Å². The van der Waals surface area contributed by atoms with Gasteiger partial charge in [0.25, 0.3) is 0 Å². The van der Waals surface area contributed by atoms with Crippen LogP contribution in [0.15, 0.2) is 42.5 Å². The highest BCUT2D eigenvalue weighted by molar-refractivity contribution is 5.96. The Morgan fingerprint density at radius 1 is 0.971 bits per heavy atom. The van der Waals surface area contributed by atoms with E-state index in [1.165, 1.54) is 38.0 Å². The smallest absolute Gasteiger partial charge is 0.162 e. The second-order valence-corrected chi connectivity index (χ2v) is 10.2. The number of Topliss-reactive ketones (excluding diaryl/α,β-unsaturated/α-hetero) is 1. The maximum Gasteiger partial charge on any atom is 0.162 e. The van der Waals surface area contributed by atoms with E-state index in [-0.39, 0.29) is 5.78 Å². The molecule has 0 spiro atoms. The normalized spacial score (nSPS) is 17.4. The summed E-state index contributed by atoms with van der Waals surface area (Å²) in [5.74, 6) is 2.66. The molecule has 0 aromatic heterocycles. The van der Waals surface area contributed by atoms with Crippen LogP contribution in [-0.4, -0.2) is 57.1 Å². The quantitative estimate of drug-likeness (QED) is 0.287. The number of hydrogen-bond donors (Lipinski definition) is 0. The molecule has 0 bridgehead atoms. The third-order valence-electron chi connectivity index (χ3n) is 7.65. The van der Waals surface area contributed by atoms with Gasteiger partial charge < -0.3 is 19.3 Å². The number of aryl methyl sites for hydroxylation is 1. The van der Waals surface area contributed by atoms with Gasteiger partial charge in [-0.3, -0.25) is 4.79 Å². The van der Waals surface area contributed by atoms with Gasteiger partial charge in [-0.15, -0.1) is 0 Å². The topological polar surface area (TPSA) is 42.0 Å². The molecule has 0 N–H and O–H groups in total. The molecule has 2 aliphatic rings. The highest BCUT2D eigenvalue weighted by Crippen LogP contribution is 2.28. The molecule has 2 aliphatic heterocycles. The van der Waals surface area contributed by atoms with Gasteiger partial charge in [-0.05, 0) is 112 Å². The second kappa shape index (κ2) is 13.0. The molecule has 0 radical (unpaired) electrons.